The highest BCUT2D eigenvalue weighted by molar-refractivity contribution is 5.98. The first kappa shape index (κ1) is 37.3. The molecule has 4 fully saturated rings. The van der Waals surface area contributed by atoms with Gasteiger partial charge < -0.3 is 4.90 Å². The van der Waals surface area contributed by atoms with Gasteiger partial charge in [-0.2, -0.15) is 0 Å². The molecule has 13 rings (SSSR count). The van der Waals surface area contributed by atoms with Crippen LogP contribution in [0.4, 0.5) is 17.1 Å². The summed E-state index contributed by atoms with van der Waals surface area (Å²) in [5.41, 5.74) is 20.7. The number of anilines is 3. The van der Waals surface area contributed by atoms with Crippen LogP contribution in [0.1, 0.15) is 69.1 Å². The van der Waals surface area contributed by atoms with Gasteiger partial charge in [0.1, 0.15) is 0 Å². The van der Waals surface area contributed by atoms with Crippen molar-refractivity contribution in [3.8, 4) is 55.6 Å². The highest BCUT2D eigenvalue weighted by atomic mass is 15.1. The van der Waals surface area contributed by atoms with E-state index >= 15 is 0 Å². The quantitative estimate of drug-likeness (QED) is 0.148. The van der Waals surface area contributed by atoms with E-state index in [-0.39, 0.29) is 5.41 Å². The van der Waals surface area contributed by atoms with E-state index in [2.05, 4.69) is 213 Å². The Labute approximate surface area is 367 Å². The second-order valence-electron chi connectivity index (χ2n) is 19.5. The van der Waals surface area contributed by atoms with Crippen molar-refractivity contribution in [3.05, 3.63) is 211 Å². The van der Waals surface area contributed by atoms with Gasteiger partial charge in [-0.15, -0.1) is 0 Å². The van der Waals surface area contributed by atoms with Crippen LogP contribution < -0.4 is 4.90 Å². The third-order valence-corrected chi connectivity index (χ3v) is 15.5. The number of nitrogens with zero attached hydrogens (tertiary/aromatic N) is 1. The van der Waals surface area contributed by atoms with Crippen LogP contribution in [-0.4, -0.2) is 0 Å². The highest BCUT2D eigenvalue weighted by Crippen LogP contribution is 2.61. The van der Waals surface area contributed by atoms with Gasteiger partial charge >= 0.3 is 0 Å². The average Bonchev–Trinajstić information content (AvgIpc) is 3.55. The molecule has 0 saturated heterocycles. The molecule has 0 radical (unpaired) electrons. The summed E-state index contributed by atoms with van der Waals surface area (Å²) in [5, 5.41) is 0. The van der Waals surface area contributed by atoms with Gasteiger partial charge in [-0.05, 0) is 159 Å². The SMILES string of the molecule is CC1(C)c2cc(N(c3ccc(C45CC6CC(CC(C6)C4)C5)cc3)c3ccccc3-c3ccccc3-c3ccccc3-c3ccccc3)ccc2-c2c(-c3ccccc3)cccc21. The van der Waals surface area contributed by atoms with Crippen LogP contribution in [0.5, 0.6) is 0 Å². The zero-order valence-corrected chi connectivity index (χ0v) is 35.9. The number of hydrogen-bond donors (Lipinski definition) is 0. The molecular weight excluding hydrogens is 747 g/mol. The van der Waals surface area contributed by atoms with Crippen LogP contribution in [0, 0.1) is 17.8 Å². The van der Waals surface area contributed by atoms with Crippen LogP contribution in [0.2, 0.25) is 0 Å². The van der Waals surface area contributed by atoms with E-state index in [1.54, 1.807) is 5.56 Å². The lowest BCUT2D eigenvalue weighted by Crippen LogP contribution is -2.48. The molecule has 302 valence electrons. The molecule has 0 heterocycles. The Balaban J connectivity index is 1.03. The molecule has 0 N–H and O–H groups in total. The molecule has 4 saturated carbocycles. The van der Waals surface area contributed by atoms with Gasteiger partial charge in [-0.3, -0.25) is 0 Å². The molecule has 0 atom stereocenters. The lowest BCUT2D eigenvalue weighted by molar-refractivity contribution is -0.00518. The maximum absolute atomic E-state index is 2.55. The molecule has 8 aromatic rings. The molecule has 0 amide bonds. The molecule has 0 aromatic heterocycles. The molecule has 1 nitrogen and oxygen atoms in total. The second-order valence-corrected chi connectivity index (χ2v) is 19.5. The van der Waals surface area contributed by atoms with Gasteiger partial charge in [0.05, 0.1) is 5.69 Å². The summed E-state index contributed by atoms with van der Waals surface area (Å²) in [4.78, 5) is 2.55. The number of fused-ring (bicyclic) bond motifs is 3. The Hall–Kier alpha value is -6.44. The molecule has 0 aliphatic heterocycles. The second kappa shape index (κ2) is 14.6. The molecule has 5 aliphatic rings. The fraction of sp³-hybridized carbons (Fsp3) is 0.213. The summed E-state index contributed by atoms with van der Waals surface area (Å²) in [5.74, 6) is 2.74. The van der Waals surface area contributed by atoms with Gasteiger partial charge in [0, 0.05) is 22.4 Å². The van der Waals surface area contributed by atoms with E-state index in [1.165, 1.54) is 122 Å². The van der Waals surface area contributed by atoms with Crippen molar-refractivity contribution in [2.75, 3.05) is 4.90 Å². The Morgan fingerprint density at radius 2 is 0.871 bits per heavy atom. The summed E-state index contributed by atoms with van der Waals surface area (Å²) in [6.45, 7) is 4.82. The fourth-order valence-corrected chi connectivity index (χ4v) is 13.1. The predicted octanol–water partition coefficient (Wildman–Crippen LogP) is 16.6. The summed E-state index contributed by atoms with van der Waals surface area (Å²) in [6, 6.07) is 72.8. The molecule has 0 spiro atoms. The smallest absolute Gasteiger partial charge is 0.0540 e. The number of para-hydroxylation sites is 1. The minimum Gasteiger partial charge on any atom is -0.310 e. The van der Waals surface area contributed by atoms with Gasteiger partial charge in [0.15, 0.2) is 0 Å². The molecule has 4 bridgehead atoms. The summed E-state index contributed by atoms with van der Waals surface area (Å²) in [7, 11) is 0. The summed E-state index contributed by atoms with van der Waals surface area (Å²) >= 11 is 0. The van der Waals surface area contributed by atoms with Crippen molar-refractivity contribution in [3.63, 3.8) is 0 Å². The minimum absolute atomic E-state index is 0.174. The van der Waals surface area contributed by atoms with Crippen LogP contribution in [-0.2, 0) is 10.8 Å². The number of benzene rings is 8. The van der Waals surface area contributed by atoms with Crippen molar-refractivity contribution >= 4 is 17.1 Å². The van der Waals surface area contributed by atoms with Crippen LogP contribution in [0.3, 0.4) is 0 Å². The predicted molar refractivity (Wildman–Crippen MR) is 260 cm³/mol. The van der Waals surface area contributed by atoms with E-state index in [1.807, 2.05) is 0 Å². The Morgan fingerprint density at radius 1 is 0.387 bits per heavy atom. The standard InChI is InChI=1S/C61H53N/c1-60(2)56-26-15-25-50(45-18-7-4-8-19-45)59(56)55-33-32-48(37-57(55)60)62(47-30-28-46(29-31-47)61-38-41-34-42(39-61)36-43(35-41)40-61)58-27-14-13-24-54(58)53-23-12-11-22-52(53)51-21-10-9-20-49(51)44-16-5-3-6-17-44/h3-33,37,41-43H,34-36,38-40H2,1-2H3. The van der Waals surface area contributed by atoms with Gasteiger partial charge in [0.25, 0.3) is 0 Å². The first-order chi connectivity index (χ1) is 30.4. The zero-order valence-electron chi connectivity index (χ0n) is 35.9. The maximum Gasteiger partial charge on any atom is 0.0540 e. The van der Waals surface area contributed by atoms with Crippen molar-refractivity contribution in [1.82, 2.24) is 0 Å². The van der Waals surface area contributed by atoms with Crippen molar-refractivity contribution in [1.29, 1.82) is 0 Å². The lowest BCUT2D eigenvalue weighted by Gasteiger charge is -2.57. The van der Waals surface area contributed by atoms with E-state index < -0.39 is 0 Å². The minimum atomic E-state index is -0.174. The van der Waals surface area contributed by atoms with Crippen LogP contribution in [0.15, 0.2) is 194 Å². The summed E-state index contributed by atoms with van der Waals surface area (Å²) < 4.78 is 0. The molecule has 8 aromatic carbocycles. The summed E-state index contributed by atoms with van der Waals surface area (Å²) in [6.07, 6.45) is 8.51. The molecular formula is C61H53N. The lowest BCUT2D eigenvalue weighted by atomic mass is 9.48. The van der Waals surface area contributed by atoms with Crippen LogP contribution in [0.25, 0.3) is 55.6 Å². The Morgan fingerprint density at radius 3 is 1.50 bits per heavy atom. The normalized spacial score (nSPS) is 21.4. The number of rotatable bonds is 8. The van der Waals surface area contributed by atoms with E-state index in [0.717, 1.165) is 17.8 Å². The third-order valence-electron chi connectivity index (χ3n) is 15.5. The third kappa shape index (κ3) is 6.04. The first-order valence-corrected chi connectivity index (χ1v) is 23.0. The zero-order chi connectivity index (χ0) is 41.4. The van der Waals surface area contributed by atoms with Crippen LogP contribution >= 0.6 is 0 Å². The average molecular weight is 800 g/mol. The number of hydrogen-bond acceptors (Lipinski definition) is 1. The molecule has 5 aliphatic carbocycles. The molecule has 62 heavy (non-hydrogen) atoms. The van der Waals surface area contributed by atoms with E-state index in [4.69, 9.17) is 0 Å². The van der Waals surface area contributed by atoms with Crippen molar-refractivity contribution in [2.45, 2.75) is 63.2 Å². The largest absolute Gasteiger partial charge is 0.310 e. The fourth-order valence-electron chi connectivity index (χ4n) is 13.1. The van der Waals surface area contributed by atoms with E-state index in [9.17, 15) is 0 Å². The van der Waals surface area contributed by atoms with E-state index in [0.29, 0.717) is 5.41 Å². The molecule has 1 heteroatoms. The maximum atomic E-state index is 2.55. The Bertz CT molecular complexity index is 2920. The van der Waals surface area contributed by atoms with Crippen molar-refractivity contribution < 1.29 is 0 Å². The van der Waals surface area contributed by atoms with Crippen molar-refractivity contribution in [2.24, 2.45) is 17.8 Å². The monoisotopic (exact) mass is 799 g/mol. The topological polar surface area (TPSA) is 3.24 Å². The Kier molecular flexibility index (Phi) is 8.79. The van der Waals surface area contributed by atoms with Gasteiger partial charge in [-0.25, -0.2) is 0 Å². The molecule has 0 unspecified atom stereocenters. The van der Waals surface area contributed by atoms with Gasteiger partial charge in [-0.1, -0.05) is 178 Å². The highest BCUT2D eigenvalue weighted by Gasteiger charge is 2.51. The van der Waals surface area contributed by atoms with Gasteiger partial charge in [0.2, 0.25) is 0 Å². The first-order valence-electron chi connectivity index (χ1n) is 23.0.